The van der Waals surface area contributed by atoms with Gasteiger partial charge in [0.25, 0.3) is 0 Å². The minimum Gasteiger partial charge on any atom is -0.387 e. The number of carbonyl (C=O) groups excluding carboxylic acids is 1. The summed E-state index contributed by atoms with van der Waals surface area (Å²) in [5.41, 5.74) is 1.89. The number of ether oxygens (including phenoxy) is 1. The molecule has 0 unspecified atom stereocenters. The fourth-order valence-corrected chi connectivity index (χ4v) is 1.90. The Morgan fingerprint density at radius 1 is 1.37 bits per heavy atom. The van der Waals surface area contributed by atoms with Crippen LogP contribution in [-0.4, -0.2) is 31.3 Å². The Morgan fingerprint density at radius 3 is 2.79 bits per heavy atom. The van der Waals surface area contributed by atoms with Crippen LogP contribution in [0, 0.1) is 6.92 Å². The van der Waals surface area contributed by atoms with Crippen LogP contribution in [0.1, 0.15) is 36.5 Å². The molecule has 0 saturated heterocycles. The third kappa shape index (κ3) is 5.85. The number of carbonyl (C=O) groups is 1. The molecule has 4 nitrogen and oxygen atoms in total. The van der Waals surface area contributed by atoms with E-state index in [2.05, 4.69) is 5.32 Å². The van der Waals surface area contributed by atoms with Gasteiger partial charge >= 0.3 is 0 Å². The van der Waals surface area contributed by atoms with E-state index in [1.54, 1.807) is 7.11 Å². The Morgan fingerprint density at radius 2 is 2.11 bits per heavy atom. The van der Waals surface area contributed by atoms with Crippen LogP contribution in [0.3, 0.4) is 0 Å². The number of aliphatic hydroxyl groups is 1. The molecule has 0 aromatic heterocycles. The fourth-order valence-electron chi connectivity index (χ4n) is 1.90. The van der Waals surface area contributed by atoms with Gasteiger partial charge in [-0.2, -0.15) is 0 Å². The van der Waals surface area contributed by atoms with Gasteiger partial charge < -0.3 is 15.2 Å². The first-order valence-electron chi connectivity index (χ1n) is 6.64. The summed E-state index contributed by atoms with van der Waals surface area (Å²) < 4.78 is 4.92. The first-order chi connectivity index (χ1) is 9.15. The predicted octanol–water partition coefficient (Wildman–Crippen LogP) is 1.96. The smallest absolute Gasteiger partial charge is 0.220 e. The van der Waals surface area contributed by atoms with Gasteiger partial charge in [-0.25, -0.2) is 0 Å². The Labute approximate surface area is 114 Å². The summed E-state index contributed by atoms with van der Waals surface area (Å²) in [6.07, 6.45) is 1.51. The zero-order chi connectivity index (χ0) is 14.1. The Balaban J connectivity index is 2.28. The Hall–Kier alpha value is -1.39. The van der Waals surface area contributed by atoms with Crippen molar-refractivity contribution in [1.29, 1.82) is 0 Å². The average molecular weight is 265 g/mol. The monoisotopic (exact) mass is 265 g/mol. The maximum Gasteiger partial charge on any atom is 0.220 e. The summed E-state index contributed by atoms with van der Waals surface area (Å²) in [6, 6.07) is 7.65. The summed E-state index contributed by atoms with van der Waals surface area (Å²) in [6.45, 7) is 2.89. The summed E-state index contributed by atoms with van der Waals surface area (Å²) in [5.74, 6) is -0.0243. The molecule has 0 aliphatic heterocycles. The van der Waals surface area contributed by atoms with Gasteiger partial charge in [0.15, 0.2) is 0 Å². The van der Waals surface area contributed by atoms with Crippen LogP contribution in [0.4, 0.5) is 0 Å². The molecular formula is C15H23NO3. The van der Waals surface area contributed by atoms with Crippen molar-refractivity contribution < 1.29 is 14.6 Å². The molecule has 0 spiro atoms. The number of unbranched alkanes of at least 4 members (excludes halogenated alkanes) is 1. The van der Waals surface area contributed by atoms with Crippen molar-refractivity contribution >= 4 is 5.91 Å². The second-order valence-electron chi connectivity index (χ2n) is 4.63. The van der Waals surface area contributed by atoms with E-state index in [9.17, 15) is 9.90 Å². The van der Waals surface area contributed by atoms with Crippen molar-refractivity contribution in [3.8, 4) is 0 Å². The van der Waals surface area contributed by atoms with Crippen LogP contribution < -0.4 is 5.32 Å². The molecule has 0 radical (unpaired) electrons. The molecular weight excluding hydrogens is 242 g/mol. The lowest BCUT2D eigenvalue weighted by Crippen LogP contribution is -2.28. The van der Waals surface area contributed by atoms with Gasteiger partial charge in [0, 0.05) is 26.7 Å². The van der Waals surface area contributed by atoms with Gasteiger partial charge in [-0.05, 0) is 30.9 Å². The highest BCUT2D eigenvalue weighted by Gasteiger charge is 2.11. The summed E-state index contributed by atoms with van der Waals surface area (Å²) in [5, 5.41) is 12.8. The van der Waals surface area contributed by atoms with Crippen LogP contribution in [0.5, 0.6) is 0 Å². The van der Waals surface area contributed by atoms with Crippen LogP contribution in [0.25, 0.3) is 0 Å². The molecule has 4 heteroatoms. The molecule has 1 aromatic rings. The molecule has 1 aromatic carbocycles. The molecule has 0 aliphatic rings. The molecule has 0 aliphatic carbocycles. The molecule has 0 fully saturated rings. The van der Waals surface area contributed by atoms with Crippen molar-refractivity contribution in [3.63, 3.8) is 0 Å². The molecule has 1 rings (SSSR count). The maximum atomic E-state index is 11.6. The summed E-state index contributed by atoms with van der Waals surface area (Å²) in [7, 11) is 1.65. The number of aryl methyl sites for hydroxylation is 1. The van der Waals surface area contributed by atoms with Crippen LogP contribution in [0.15, 0.2) is 24.3 Å². The zero-order valence-corrected chi connectivity index (χ0v) is 11.7. The molecule has 0 heterocycles. The number of nitrogens with one attached hydrogen (secondary N) is 1. The largest absolute Gasteiger partial charge is 0.387 e. The minimum atomic E-state index is -0.649. The molecule has 1 atom stereocenters. The second-order valence-corrected chi connectivity index (χ2v) is 4.63. The van der Waals surface area contributed by atoms with Crippen molar-refractivity contribution in [2.24, 2.45) is 0 Å². The number of hydrogen-bond acceptors (Lipinski definition) is 3. The zero-order valence-electron chi connectivity index (χ0n) is 11.7. The van der Waals surface area contributed by atoms with Crippen molar-refractivity contribution in [3.05, 3.63) is 35.4 Å². The van der Waals surface area contributed by atoms with Crippen LogP contribution in [-0.2, 0) is 9.53 Å². The molecule has 1 amide bonds. The van der Waals surface area contributed by atoms with Gasteiger partial charge in [-0.15, -0.1) is 0 Å². The van der Waals surface area contributed by atoms with E-state index in [-0.39, 0.29) is 12.5 Å². The van der Waals surface area contributed by atoms with Crippen LogP contribution >= 0.6 is 0 Å². The van der Waals surface area contributed by atoms with Crippen molar-refractivity contribution in [2.45, 2.75) is 32.3 Å². The Bertz CT molecular complexity index is 393. The van der Waals surface area contributed by atoms with Gasteiger partial charge in [0.2, 0.25) is 5.91 Å². The van der Waals surface area contributed by atoms with E-state index in [1.807, 2.05) is 31.2 Å². The SMILES string of the molecule is COCCCCC(=O)NC[C@@H](O)c1ccccc1C. The summed E-state index contributed by atoms with van der Waals surface area (Å²) >= 11 is 0. The van der Waals surface area contributed by atoms with E-state index in [0.717, 1.165) is 24.0 Å². The van der Waals surface area contributed by atoms with E-state index in [4.69, 9.17) is 4.74 Å². The number of amides is 1. The van der Waals surface area contributed by atoms with E-state index < -0.39 is 6.10 Å². The third-order valence-corrected chi connectivity index (χ3v) is 3.04. The highest BCUT2D eigenvalue weighted by molar-refractivity contribution is 5.75. The van der Waals surface area contributed by atoms with Gasteiger partial charge in [0.05, 0.1) is 6.10 Å². The minimum absolute atomic E-state index is 0.0243. The molecule has 0 bridgehead atoms. The number of rotatable bonds is 8. The number of benzene rings is 1. The maximum absolute atomic E-state index is 11.6. The molecule has 2 N–H and O–H groups in total. The fraction of sp³-hybridized carbons (Fsp3) is 0.533. The number of methoxy groups -OCH3 is 1. The second kappa shape index (κ2) is 8.67. The van der Waals surface area contributed by atoms with Gasteiger partial charge in [-0.3, -0.25) is 4.79 Å². The van der Waals surface area contributed by atoms with E-state index >= 15 is 0 Å². The topological polar surface area (TPSA) is 58.6 Å². The highest BCUT2D eigenvalue weighted by atomic mass is 16.5. The highest BCUT2D eigenvalue weighted by Crippen LogP contribution is 2.16. The number of aliphatic hydroxyl groups excluding tert-OH is 1. The standard InChI is InChI=1S/C15H23NO3/c1-12-7-3-4-8-13(12)14(17)11-16-15(18)9-5-6-10-19-2/h3-4,7-8,14,17H,5-6,9-11H2,1-2H3,(H,16,18)/t14-/m1/s1. The lowest BCUT2D eigenvalue weighted by molar-refractivity contribution is -0.121. The summed E-state index contributed by atoms with van der Waals surface area (Å²) in [4.78, 5) is 11.6. The quantitative estimate of drug-likeness (QED) is 0.706. The lowest BCUT2D eigenvalue weighted by Gasteiger charge is -2.14. The third-order valence-electron chi connectivity index (χ3n) is 3.04. The van der Waals surface area contributed by atoms with Gasteiger partial charge in [-0.1, -0.05) is 24.3 Å². The van der Waals surface area contributed by atoms with E-state index in [0.29, 0.717) is 13.0 Å². The molecule has 19 heavy (non-hydrogen) atoms. The first kappa shape index (κ1) is 15.7. The predicted molar refractivity (Wildman–Crippen MR) is 74.9 cm³/mol. The van der Waals surface area contributed by atoms with E-state index in [1.165, 1.54) is 0 Å². The van der Waals surface area contributed by atoms with Crippen LogP contribution in [0.2, 0.25) is 0 Å². The first-order valence-corrected chi connectivity index (χ1v) is 6.64. The molecule has 0 saturated carbocycles. The molecule has 106 valence electrons. The Kier molecular flexibility index (Phi) is 7.15. The van der Waals surface area contributed by atoms with Crippen molar-refractivity contribution in [2.75, 3.05) is 20.3 Å². The van der Waals surface area contributed by atoms with Gasteiger partial charge in [0.1, 0.15) is 0 Å². The average Bonchev–Trinajstić information content (AvgIpc) is 2.41. The van der Waals surface area contributed by atoms with Crippen molar-refractivity contribution in [1.82, 2.24) is 5.32 Å². The number of hydrogen-bond donors (Lipinski definition) is 2. The lowest BCUT2D eigenvalue weighted by atomic mass is 10.0. The normalized spacial score (nSPS) is 12.2.